The Balaban J connectivity index is 2.84. The van der Waals surface area contributed by atoms with Crippen LogP contribution in [-0.2, 0) is 4.74 Å². The van der Waals surface area contributed by atoms with Crippen LogP contribution in [0.15, 0.2) is 18.2 Å². The third-order valence-electron chi connectivity index (χ3n) is 2.93. The molecule has 0 saturated heterocycles. The Bertz CT molecular complexity index is 412. The molecule has 0 bridgehead atoms. The van der Waals surface area contributed by atoms with Crippen molar-refractivity contribution in [1.29, 1.82) is 0 Å². The molecule has 0 atom stereocenters. The van der Waals surface area contributed by atoms with Gasteiger partial charge in [-0.25, -0.2) is 4.79 Å². The van der Waals surface area contributed by atoms with Gasteiger partial charge < -0.3 is 15.4 Å². The third kappa shape index (κ3) is 3.39. The number of nitrogens with zero attached hydrogens (tertiary/aromatic N) is 1. The highest BCUT2D eigenvalue weighted by Crippen LogP contribution is 2.23. The van der Waals surface area contributed by atoms with Crippen LogP contribution in [0.25, 0.3) is 0 Å². The lowest BCUT2D eigenvalue weighted by molar-refractivity contribution is 0.0284. The number of carbonyl (C=O) groups is 1. The van der Waals surface area contributed by atoms with Gasteiger partial charge in [0.15, 0.2) is 0 Å². The topological polar surface area (TPSA) is 55.6 Å². The van der Waals surface area contributed by atoms with Crippen molar-refractivity contribution in [2.24, 2.45) is 0 Å². The maximum Gasteiger partial charge on any atom is 0.338 e. The predicted octanol–water partition coefficient (Wildman–Crippen LogP) is 2.68. The molecule has 0 spiro atoms. The zero-order valence-corrected chi connectivity index (χ0v) is 11.6. The molecule has 0 fully saturated rings. The first-order valence-electron chi connectivity index (χ1n) is 6.27. The smallest absolute Gasteiger partial charge is 0.338 e. The van der Waals surface area contributed by atoms with E-state index in [0.717, 1.165) is 18.5 Å². The summed E-state index contributed by atoms with van der Waals surface area (Å²) in [6.07, 6.45) is 1.63. The first-order chi connectivity index (χ1) is 8.49. The van der Waals surface area contributed by atoms with Crippen molar-refractivity contribution in [2.45, 2.75) is 32.8 Å². The summed E-state index contributed by atoms with van der Waals surface area (Å²) in [5, 5.41) is 0. The molecule has 18 heavy (non-hydrogen) atoms. The predicted molar refractivity (Wildman–Crippen MR) is 75.0 cm³/mol. The summed E-state index contributed by atoms with van der Waals surface area (Å²) in [6, 6.07) is 5.25. The minimum Gasteiger partial charge on any atom is -0.459 e. The minimum atomic E-state index is -0.305. The third-order valence-corrected chi connectivity index (χ3v) is 2.93. The van der Waals surface area contributed by atoms with Crippen LogP contribution < -0.4 is 10.6 Å². The summed E-state index contributed by atoms with van der Waals surface area (Å²) in [7, 11) is 3.82. The molecular weight excluding hydrogens is 228 g/mol. The number of nitrogens with two attached hydrogens (primary N) is 1. The molecule has 0 aliphatic carbocycles. The molecule has 0 amide bonds. The number of anilines is 2. The van der Waals surface area contributed by atoms with Gasteiger partial charge in [-0.15, -0.1) is 0 Å². The van der Waals surface area contributed by atoms with Crippen molar-refractivity contribution in [1.82, 2.24) is 0 Å². The highest BCUT2D eigenvalue weighted by atomic mass is 16.5. The average Bonchev–Trinajstić information content (AvgIpc) is 2.34. The molecule has 100 valence electrons. The van der Waals surface area contributed by atoms with E-state index in [1.54, 1.807) is 12.1 Å². The van der Waals surface area contributed by atoms with Crippen LogP contribution in [0, 0.1) is 0 Å². The molecular formula is C14H22N2O2. The Labute approximate surface area is 109 Å². The monoisotopic (exact) mass is 250 g/mol. The fraction of sp³-hybridized carbons (Fsp3) is 0.500. The number of benzene rings is 1. The summed E-state index contributed by atoms with van der Waals surface area (Å²) in [5.41, 5.74) is 7.89. The van der Waals surface area contributed by atoms with E-state index in [-0.39, 0.29) is 12.1 Å². The SMILES string of the molecule is CCC(CC)OC(=O)c1ccc(N(C)C)c(N)c1. The van der Waals surface area contributed by atoms with Gasteiger partial charge in [0, 0.05) is 14.1 Å². The quantitative estimate of drug-likeness (QED) is 0.645. The van der Waals surface area contributed by atoms with Gasteiger partial charge in [-0.05, 0) is 31.0 Å². The zero-order chi connectivity index (χ0) is 13.7. The number of rotatable bonds is 5. The molecule has 0 saturated carbocycles. The van der Waals surface area contributed by atoms with Gasteiger partial charge in [0.05, 0.1) is 16.9 Å². The Hall–Kier alpha value is -1.71. The molecule has 0 radical (unpaired) electrons. The highest BCUT2D eigenvalue weighted by Gasteiger charge is 2.14. The normalized spacial score (nSPS) is 10.5. The van der Waals surface area contributed by atoms with E-state index in [1.165, 1.54) is 0 Å². The molecule has 0 unspecified atom stereocenters. The van der Waals surface area contributed by atoms with Gasteiger partial charge >= 0.3 is 5.97 Å². The fourth-order valence-electron chi connectivity index (χ4n) is 1.76. The Morgan fingerprint density at radius 1 is 1.33 bits per heavy atom. The number of ether oxygens (including phenoxy) is 1. The number of carbonyl (C=O) groups excluding carboxylic acids is 1. The standard InChI is InChI=1S/C14H22N2O2/c1-5-11(6-2)18-14(17)10-7-8-13(16(3)4)12(15)9-10/h7-9,11H,5-6,15H2,1-4H3. The molecule has 1 aromatic rings. The molecule has 4 heteroatoms. The van der Waals surface area contributed by atoms with Gasteiger partial charge in [-0.1, -0.05) is 13.8 Å². The number of hydrogen-bond donors (Lipinski definition) is 1. The molecule has 4 nitrogen and oxygen atoms in total. The molecule has 0 aliphatic heterocycles. The second-order valence-corrected chi connectivity index (χ2v) is 4.51. The van der Waals surface area contributed by atoms with Gasteiger partial charge in [0.2, 0.25) is 0 Å². The summed E-state index contributed by atoms with van der Waals surface area (Å²) in [4.78, 5) is 13.8. The Kier molecular flexibility index (Phi) is 5.01. The van der Waals surface area contributed by atoms with Gasteiger partial charge in [-0.3, -0.25) is 0 Å². The summed E-state index contributed by atoms with van der Waals surface area (Å²) >= 11 is 0. The van der Waals surface area contributed by atoms with Gasteiger partial charge in [0.1, 0.15) is 6.10 Å². The highest BCUT2D eigenvalue weighted by molar-refractivity contribution is 5.92. The number of hydrogen-bond acceptors (Lipinski definition) is 4. The Morgan fingerprint density at radius 3 is 2.39 bits per heavy atom. The van der Waals surface area contributed by atoms with Crippen molar-refractivity contribution < 1.29 is 9.53 Å². The second kappa shape index (κ2) is 6.28. The minimum absolute atomic E-state index is 0.0211. The number of nitrogen functional groups attached to an aromatic ring is 1. The van der Waals surface area contributed by atoms with Crippen molar-refractivity contribution in [3.8, 4) is 0 Å². The van der Waals surface area contributed by atoms with Crippen molar-refractivity contribution >= 4 is 17.3 Å². The van der Waals surface area contributed by atoms with E-state index in [9.17, 15) is 4.79 Å². The van der Waals surface area contributed by atoms with Crippen LogP contribution in [0.3, 0.4) is 0 Å². The first-order valence-corrected chi connectivity index (χ1v) is 6.27. The van der Waals surface area contributed by atoms with Crippen LogP contribution in [0.5, 0.6) is 0 Å². The fourth-order valence-corrected chi connectivity index (χ4v) is 1.76. The Morgan fingerprint density at radius 2 is 1.94 bits per heavy atom. The zero-order valence-electron chi connectivity index (χ0n) is 11.6. The lowest BCUT2D eigenvalue weighted by Gasteiger charge is -2.17. The van der Waals surface area contributed by atoms with Gasteiger partial charge in [-0.2, -0.15) is 0 Å². The maximum absolute atomic E-state index is 11.9. The van der Waals surface area contributed by atoms with Crippen LogP contribution in [0.4, 0.5) is 11.4 Å². The van der Waals surface area contributed by atoms with Crippen LogP contribution in [0.2, 0.25) is 0 Å². The van der Waals surface area contributed by atoms with Crippen molar-refractivity contribution in [2.75, 3.05) is 24.7 Å². The number of esters is 1. The van der Waals surface area contributed by atoms with Crippen LogP contribution >= 0.6 is 0 Å². The van der Waals surface area contributed by atoms with E-state index in [4.69, 9.17) is 10.5 Å². The molecule has 0 aromatic heterocycles. The van der Waals surface area contributed by atoms with E-state index in [2.05, 4.69) is 0 Å². The van der Waals surface area contributed by atoms with E-state index < -0.39 is 0 Å². The molecule has 0 aliphatic rings. The molecule has 1 rings (SSSR count). The molecule has 1 aromatic carbocycles. The van der Waals surface area contributed by atoms with E-state index >= 15 is 0 Å². The lowest BCUT2D eigenvalue weighted by Crippen LogP contribution is -2.17. The summed E-state index contributed by atoms with van der Waals surface area (Å²) in [5.74, 6) is -0.305. The first kappa shape index (κ1) is 14.4. The van der Waals surface area contributed by atoms with Crippen molar-refractivity contribution in [3.63, 3.8) is 0 Å². The second-order valence-electron chi connectivity index (χ2n) is 4.51. The summed E-state index contributed by atoms with van der Waals surface area (Å²) in [6.45, 7) is 4.01. The maximum atomic E-state index is 11.9. The lowest BCUT2D eigenvalue weighted by atomic mass is 10.1. The summed E-state index contributed by atoms with van der Waals surface area (Å²) < 4.78 is 5.38. The van der Waals surface area contributed by atoms with Crippen molar-refractivity contribution in [3.05, 3.63) is 23.8 Å². The van der Waals surface area contributed by atoms with E-state index in [0.29, 0.717) is 11.3 Å². The van der Waals surface area contributed by atoms with Crippen LogP contribution in [0.1, 0.15) is 37.0 Å². The van der Waals surface area contributed by atoms with Gasteiger partial charge in [0.25, 0.3) is 0 Å². The van der Waals surface area contributed by atoms with E-state index in [1.807, 2.05) is 38.9 Å². The molecule has 0 heterocycles. The largest absolute Gasteiger partial charge is 0.459 e. The average molecular weight is 250 g/mol. The molecule has 2 N–H and O–H groups in total. The van der Waals surface area contributed by atoms with Crippen LogP contribution in [-0.4, -0.2) is 26.2 Å².